The molecular weight excluding hydrogens is 336 g/mol. The molecule has 2 N–H and O–H groups in total. The topological polar surface area (TPSA) is 73.8 Å². The smallest absolute Gasteiger partial charge is 0.211 e. The van der Waals surface area contributed by atoms with Crippen LogP contribution in [0.4, 0.5) is 0 Å². The fourth-order valence-corrected chi connectivity index (χ4v) is 4.89. The molecule has 1 heterocycles. The largest absolute Gasteiger partial charge is 0.356 e. The molecule has 7 heteroatoms. The zero-order valence-corrected chi connectivity index (χ0v) is 16.8. The summed E-state index contributed by atoms with van der Waals surface area (Å²) in [4.78, 5) is 6.89. The summed E-state index contributed by atoms with van der Waals surface area (Å²) in [6.07, 6.45) is 11.6. The summed E-state index contributed by atoms with van der Waals surface area (Å²) in [7, 11) is -1.24. The maximum absolute atomic E-state index is 11.4. The number of guanidine groups is 1. The molecule has 1 saturated carbocycles. The van der Waals surface area contributed by atoms with Gasteiger partial charge in [-0.05, 0) is 44.4 Å². The molecule has 25 heavy (non-hydrogen) atoms. The van der Waals surface area contributed by atoms with E-state index in [1.54, 1.807) is 6.92 Å². The third-order valence-corrected chi connectivity index (χ3v) is 7.08. The van der Waals surface area contributed by atoms with E-state index in [2.05, 4.69) is 19.9 Å². The highest BCUT2D eigenvalue weighted by Gasteiger charge is 2.36. The molecule has 0 radical (unpaired) electrons. The summed E-state index contributed by atoms with van der Waals surface area (Å²) in [6, 6.07) is 0. The summed E-state index contributed by atoms with van der Waals surface area (Å²) >= 11 is 0. The van der Waals surface area contributed by atoms with Crippen LogP contribution in [0, 0.1) is 5.41 Å². The molecule has 2 rings (SSSR count). The number of sulfonamides is 1. The lowest BCUT2D eigenvalue weighted by molar-refractivity contribution is 0.115. The van der Waals surface area contributed by atoms with Crippen LogP contribution >= 0.6 is 0 Å². The summed E-state index contributed by atoms with van der Waals surface area (Å²) in [6.45, 7) is 5.06. The van der Waals surface area contributed by atoms with E-state index in [-0.39, 0.29) is 5.75 Å². The van der Waals surface area contributed by atoms with Crippen molar-refractivity contribution in [2.75, 3.05) is 39.0 Å². The highest BCUT2D eigenvalue weighted by Crippen LogP contribution is 2.42. The molecule has 1 aliphatic carbocycles. The molecule has 0 unspecified atom stereocenters. The molecule has 0 aromatic rings. The van der Waals surface area contributed by atoms with Crippen molar-refractivity contribution in [3.05, 3.63) is 0 Å². The summed E-state index contributed by atoms with van der Waals surface area (Å²) in [5.74, 6) is 1.11. The van der Waals surface area contributed by atoms with Crippen molar-refractivity contribution < 1.29 is 8.42 Å². The molecule has 1 aliphatic heterocycles. The number of nitrogens with one attached hydrogen (secondary N) is 2. The minimum atomic E-state index is -3.09. The first-order valence-electron chi connectivity index (χ1n) is 9.93. The first-order chi connectivity index (χ1) is 12.0. The fraction of sp³-hybridized carbons (Fsp3) is 0.944. The maximum atomic E-state index is 11.4. The van der Waals surface area contributed by atoms with Crippen molar-refractivity contribution in [3.63, 3.8) is 0 Å². The third kappa shape index (κ3) is 6.44. The van der Waals surface area contributed by atoms with E-state index in [1.807, 2.05) is 7.05 Å². The van der Waals surface area contributed by atoms with Crippen LogP contribution in [0.5, 0.6) is 0 Å². The van der Waals surface area contributed by atoms with Crippen molar-refractivity contribution in [2.45, 2.75) is 64.7 Å². The zero-order chi connectivity index (χ0) is 18.2. The second-order valence-corrected chi connectivity index (χ2v) is 9.66. The van der Waals surface area contributed by atoms with Crippen LogP contribution in [0.15, 0.2) is 4.99 Å². The molecule has 1 spiro atoms. The van der Waals surface area contributed by atoms with Crippen LogP contribution in [0.2, 0.25) is 0 Å². The Morgan fingerprint density at radius 3 is 2.40 bits per heavy atom. The average molecular weight is 373 g/mol. The molecule has 0 aromatic carbocycles. The lowest BCUT2D eigenvalue weighted by atomic mass is 9.74. The van der Waals surface area contributed by atoms with Gasteiger partial charge in [0.1, 0.15) is 0 Å². The van der Waals surface area contributed by atoms with E-state index in [9.17, 15) is 8.42 Å². The second-order valence-electron chi connectivity index (χ2n) is 7.56. The van der Waals surface area contributed by atoms with Gasteiger partial charge < -0.3 is 10.2 Å². The molecule has 6 nitrogen and oxygen atoms in total. The van der Waals surface area contributed by atoms with Gasteiger partial charge in [0.05, 0.1) is 5.75 Å². The van der Waals surface area contributed by atoms with Crippen molar-refractivity contribution in [2.24, 2.45) is 10.4 Å². The van der Waals surface area contributed by atoms with E-state index in [0.717, 1.165) is 32.0 Å². The summed E-state index contributed by atoms with van der Waals surface area (Å²) in [5.41, 5.74) is 0.489. The molecule has 0 bridgehead atoms. The minimum absolute atomic E-state index is 0.137. The molecule has 0 aromatic heterocycles. The predicted molar refractivity (Wildman–Crippen MR) is 104 cm³/mol. The van der Waals surface area contributed by atoms with Crippen molar-refractivity contribution >= 4 is 16.0 Å². The zero-order valence-electron chi connectivity index (χ0n) is 16.0. The lowest BCUT2D eigenvalue weighted by Crippen LogP contribution is -2.50. The number of hydrogen-bond donors (Lipinski definition) is 2. The van der Waals surface area contributed by atoms with Crippen molar-refractivity contribution in [1.82, 2.24) is 14.9 Å². The van der Waals surface area contributed by atoms with E-state index in [4.69, 9.17) is 0 Å². The van der Waals surface area contributed by atoms with Gasteiger partial charge in [0, 0.05) is 33.2 Å². The Hall–Kier alpha value is -0.820. The Morgan fingerprint density at radius 2 is 1.76 bits per heavy atom. The molecule has 1 saturated heterocycles. The molecule has 0 amide bonds. The van der Waals surface area contributed by atoms with Gasteiger partial charge in [-0.1, -0.05) is 25.7 Å². The van der Waals surface area contributed by atoms with Crippen LogP contribution in [0.25, 0.3) is 0 Å². The van der Waals surface area contributed by atoms with Crippen LogP contribution < -0.4 is 10.0 Å². The quantitative estimate of drug-likeness (QED) is 0.426. The van der Waals surface area contributed by atoms with Gasteiger partial charge >= 0.3 is 0 Å². The number of likely N-dealkylation sites (tertiary alicyclic amines) is 1. The minimum Gasteiger partial charge on any atom is -0.356 e. The van der Waals surface area contributed by atoms with Gasteiger partial charge in [-0.15, -0.1) is 0 Å². The van der Waals surface area contributed by atoms with E-state index in [0.29, 0.717) is 12.0 Å². The van der Waals surface area contributed by atoms with Gasteiger partial charge in [-0.25, -0.2) is 13.1 Å². The normalized spacial score (nSPS) is 22.0. The first kappa shape index (κ1) is 20.5. The first-order valence-corrected chi connectivity index (χ1v) is 11.6. The van der Waals surface area contributed by atoms with Crippen molar-refractivity contribution in [3.8, 4) is 0 Å². The van der Waals surface area contributed by atoms with E-state index >= 15 is 0 Å². The molecule has 2 aliphatic rings. The highest BCUT2D eigenvalue weighted by molar-refractivity contribution is 7.89. The molecule has 2 fully saturated rings. The van der Waals surface area contributed by atoms with Gasteiger partial charge in [-0.2, -0.15) is 0 Å². The standard InChI is InChI=1S/C18H36N4O2S/c1-3-25(23,24)21-14-9-13-20-17(19-2)22-15-8-12-18(16-22)10-6-4-5-7-11-18/h21H,3-16H2,1-2H3,(H,19,20). The summed E-state index contributed by atoms with van der Waals surface area (Å²) in [5, 5.41) is 3.42. The van der Waals surface area contributed by atoms with Gasteiger partial charge in [0.25, 0.3) is 0 Å². The Balaban J connectivity index is 1.79. The Bertz CT molecular complexity index is 525. The predicted octanol–water partition coefficient (Wildman–Crippen LogP) is 2.33. The number of rotatable bonds is 6. The van der Waals surface area contributed by atoms with Gasteiger partial charge in [0.15, 0.2) is 5.96 Å². The lowest BCUT2D eigenvalue weighted by Gasteiger charge is -2.44. The number of nitrogens with zero attached hydrogens (tertiary/aromatic N) is 2. The summed E-state index contributed by atoms with van der Waals surface area (Å²) < 4.78 is 25.5. The second kappa shape index (κ2) is 9.76. The Morgan fingerprint density at radius 1 is 1.08 bits per heavy atom. The molecule has 0 atom stereocenters. The van der Waals surface area contributed by atoms with E-state index < -0.39 is 10.0 Å². The monoisotopic (exact) mass is 372 g/mol. The van der Waals surface area contributed by atoms with Crippen LogP contribution in [0.1, 0.15) is 64.7 Å². The number of hydrogen-bond acceptors (Lipinski definition) is 3. The maximum Gasteiger partial charge on any atom is 0.211 e. The van der Waals surface area contributed by atoms with E-state index in [1.165, 1.54) is 51.4 Å². The van der Waals surface area contributed by atoms with Gasteiger partial charge in [-0.3, -0.25) is 4.99 Å². The van der Waals surface area contributed by atoms with Gasteiger partial charge in [0.2, 0.25) is 10.0 Å². The molecule has 146 valence electrons. The number of aliphatic imine (C=N–C) groups is 1. The third-order valence-electron chi connectivity index (χ3n) is 5.68. The SMILES string of the molecule is CCS(=O)(=O)NCCCNC(=NC)N1CCCC2(CCCCCC2)C1. The Kier molecular flexibility index (Phi) is 8.00. The molecular formula is C18H36N4O2S. The highest BCUT2D eigenvalue weighted by atomic mass is 32.2. The van der Waals surface area contributed by atoms with Crippen LogP contribution in [-0.2, 0) is 10.0 Å². The Labute approximate surface area is 153 Å². The van der Waals surface area contributed by atoms with Crippen LogP contribution in [0.3, 0.4) is 0 Å². The van der Waals surface area contributed by atoms with Crippen molar-refractivity contribution in [1.29, 1.82) is 0 Å². The van der Waals surface area contributed by atoms with Crippen LogP contribution in [-0.4, -0.2) is 58.3 Å². The average Bonchev–Trinajstić information content (AvgIpc) is 2.83. The number of piperidine rings is 1. The fourth-order valence-electron chi connectivity index (χ4n) is 4.23.